The monoisotopic (exact) mass is 352 g/mol. The molecule has 3 aromatic rings. The van der Waals surface area contributed by atoms with Crippen LogP contribution in [-0.2, 0) is 0 Å². The Balaban J connectivity index is 1.42. The molecule has 7 heteroatoms. The van der Waals surface area contributed by atoms with Crippen LogP contribution in [0.5, 0.6) is 0 Å². The predicted molar refractivity (Wildman–Crippen MR) is 103 cm³/mol. The molecule has 3 aromatic heterocycles. The molecule has 0 bridgehead atoms. The van der Waals surface area contributed by atoms with Crippen LogP contribution in [-0.4, -0.2) is 53.1 Å². The molecule has 4 heterocycles. The van der Waals surface area contributed by atoms with Crippen molar-refractivity contribution in [3.8, 4) is 11.4 Å². The smallest absolute Gasteiger partial charge is 0.188 e. The first-order valence-electron chi connectivity index (χ1n) is 8.31. The van der Waals surface area contributed by atoms with Gasteiger partial charge in [-0.25, -0.2) is 9.97 Å². The standard InChI is InChI=1S/C18H20N6S/c1-23-8-10-24(11-9-23)14-5-6-17(20-12-14)22-18-21-16(13-25-18)15-4-2-3-7-19-15/h2-7,12-13H,8-11H2,1H3,(H,20,21,22). The number of pyridine rings is 2. The summed E-state index contributed by atoms with van der Waals surface area (Å²) in [6, 6.07) is 9.96. The van der Waals surface area contributed by atoms with Gasteiger partial charge in [-0.2, -0.15) is 0 Å². The minimum absolute atomic E-state index is 0.805. The van der Waals surface area contributed by atoms with E-state index in [4.69, 9.17) is 0 Å². The Hall–Kier alpha value is -2.51. The number of likely N-dealkylation sites (N-methyl/N-ethyl adjacent to an activating group) is 1. The minimum atomic E-state index is 0.805. The Kier molecular flexibility index (Phi) is 4.58. The normalized spacial score (nSPS) is 15.3. The molecule has 1 N–H and O–H groups in total. The van der Waals surface area contributed by atoms with Gasteiger partial charge in [0.15, 0.2) is 5.13 Å². The van der Waals surface area contributed by atoms with Gasteiger partial charge in [0.25, 0.3) is 0 Å². The largest absolute Gasteiger partial charge is 0.368 e. The van der Waals surface area contributed by atoms with Crippen LogP contribution in [0.2, 0.25) is 0 Å². The van der Waals surface area contributed by atoms with Crippen molar-refractivity contribution in [3.63, 3.8) is 0 Å². The lowest BCUT2D eigenvalue weighted by molar-refractivity contribution is 0.313. The van der Waals surface area contributed by atoms with Gasteiger partial charge in [-0.1, -0.05) is 6.07 Å². The summed E-state index contributed by atoms with van der Waals surface area (Å²) in [5.74, 6) is 0.805. The van der Waals surface area contributed by atoms with E-state index in [2.05, 4.69) is 43.2 Å². The zero-order valence-corrected chi connectivity index (χ0v) is 14.9. The number of thiazole rings is 1. The van der Waals surface area contributed by atoms with Crippen LogP contribution >= 0.6 is 11.3 Å². The van der Waals surface area contributed by atoms with Crippen molar-refractivity contribution in [1.29, 1.82) is 0 Å². The Labute approximate surface area is 151 Å². The van der Waals surface area contributed by atoms with Gasteiger partial charge in [0.2, 0.25) is 0 Å². The van der Waals surface area contributed by atoms with Crippen molar-refractivity contribution < 1.29 is 0 Å². The summed E-state index contributed by atoms with van der Waals surface area (Å²) in [5, 5.41) is 6.10. The Morgan fingerprint density at radius 2 is 1.88 bits per heavy atom. The quantitative estimate of drug-likeness (QED) is 0.779. The predicted octanol–water partition coefficient (Wildman–Crippen LogP) is 3.10. The first-order chi connectivity index (χ1) is 12.3. The Bertz CT molecular complexity index is 809. The number of piperazine rings is 1. The molecule has 4 rings (SSSR count). The highest BCUT2D eigenvalue weighted by molar-refractivity contribution is 7.14. The van der Waals surface area contributed by atoms with Crippen LogP contribution in [0.15, 0.2) is 48.1 Å². The number of hydrogen-bond acceptors (Lipinski definition) is 7. The highest BCUT2D eigenvalue weighted by Gasteiger charge is 2.14. The average molecular weight is 352 g/mol. The second kappa shape index (κ2) is 7.16. The first kappa shape index (κ1) is 16.0. The average Bonchev–Trinajstić information content (AvgIpc) is 3.12. The van der Waals surface area contributed by atoms with E-state index in [-0.39, 0.29) is 0 Å². The molecule has 0 atom stereocenters. The molecule has 0 spiro atoms. The highest BCUT2D eigenvalue weighted by atomic mass is 32.1. The molecule has 6 nitrogen and oxygen atoms in total. The Morgan fingerprint density at radius 1 is 1.00 bits per heavy atom. The lowest BCUT2D eigenvalue weighted by Gasteiger charge is -2.33. The van der Waals surface area contributed by atoms with Crippen LogP contribution in [0.1, 0.15) is 0 Å². The van der Waals surface area contributed by atoms with Gasteiger partial charge in [-0.15, -0.1) is 11.3 Å². The van der Waals surface area contributed by atoms with Gasteiger partial charge in [0.05, 0.1) is 17.6 Å². The summed E-state index contributed by atoms with van der Waals surface area (Å²) < 4.78 is 0. The van der Waals surface area contributed by atoms with E-state index >= 15 is 0 Å². The van der Waals surface area contributed by atoms with Crippen LogP contribution in [0.4, 0.5) is 16.6 Å². The first-order valence-corrected chi connectivity index (χ1v) is 9.19. The molecule has 1 aliphatic rings. The molecule has 128 valence electrons. The number of rotatable bonds is 4. The maximum atomic E-state index is 4.59. The van der Waals surface area contributed by atoms with E-state index in [0.29, 0.717) is 0 Å². The molecule has 0 unspecified atom stereocenters. The van der Waals surface area contributed by atoms with Crippen molar-refractivity contribution in [2.75, 3.05) is 43.4 Å². The highest BCUT2D eigenvalue weighted by Crippen LogP contribution is 2.26. The van der Waals surface area contributed by atoms with E-state index in [0.717, 1.165) is 48.5 Å². The van der Waals surface area contributed by atoms with Crippen LogP contribution < -0.4 is 10.2 Å². The van der Waals surface area contributed by atoms with Gasteiger partial charge >= 0.3 is 0 Å². The van der Waals surface area contributed by atoms with Gasteiger partial charge in [-0.05, 0) is 31.3 Å². The summed E-state index contributed by atoms with van der Waals surface area (Å²) in [7, 11) is 2.16. The third-order valence-corrected chi connectivity index (χ3v) is 5.04. The second-order valence-electron chi connectivity index (χ2n) is 6.07. The topological polar surface area (TPSA) is 57.2 Å². The SMILES string of the molecule is CN1CCN(c2ccc(Nc3nc(-c4ccccn4)cs3)nc2)CC1. The fourth-order valence-corrected chi connectivity index (χ4v) is 3.50. The third-order valence-electron chi connectivity index (χ3n) is 4.28. The van der Waals surface area contributed by atoms with Gasteiger partial charge in [0, 0.05) is 37.8 Å². The summed E-state index contributed by atoms with van der Waals surface area (Å²) in [6.45, 7) is 4.28. The van der Waals surface area contributed by atoms with Crippen LogP contribution in [0.3, 0.4) is 0 Å². The van der Waals surface area contributed by atoms with Crippen molar-refractivity contribution in [1.82, 2.24) is 19.9 Å². The molecular formula is C18H20N6S. The number of hydrogen-bond donors (Lipinski definition) is 1. The molecule has 0 radical (unpaired) electrons. The Morgan fingerprint density at radius 3 is 2.60 bits per heavy atom. The molecule has 0 aliphatic carbocycles. The maximum absolute atomic E-state index is 4.59. The second-order valence-corrected chi connectivity index (χ2v) is 6.93. The van der Waals surface area contributed by atoms with Crippen molar-refractivity contribution >= 4 is 28.0 Å². The van der Waals surface area contributed by atoms with Gasteiger partial charge in [0.1, 0.15) is 11.5 Å². The molecule has 1 saturated heterocycles. The van der Waals surface area contributed by atoms with E-state index in [1.165, 1.54) is 5.69 Å². The minimum Gasteiger partial charge on any atom is -0.368 e. The molecular weight excluding hydrogens is 332 g/mol. The van der Waals surface area contributed by atoms with Crippen molar-refractivity contribution in [2.24, 2.45) is 0 Å². The number of aromatic nitrogens is 3. The zero-order chi connectivity index (χ0) is 17.1. The van der Waals surface area contributed by atoms with Crippen molar-refractivity contribution in [3.05, 3.63) is 48.1 Å². The summed E-state index contributed by atoms with van der Waals surface area (Å²) in [5.41, 5.74) is 2.93. The number of nitrogens with zero attached hydrogens (tertiary/aromatic N) is 5. The van der Waals surface area contributed by atoms with E-state index in [1.54, 1.807) is 17.5 Å². The fraction of sp³-hybridized carbons (Fsp3) is 0.278. The number of anilines is 3. The maximum Gasteiger partial charge on any atom is 0.188 e. The molecule has 0 saturated carbocycles. The third kappa shape index (κ3) is 3.78. The van der Waals surface area contributed by atoms with Crippen LogP contribution in [0, 0.1) is 0 Å². The van der Waals surface area contributed by atoms with E-state index in [1.807, 2.05) is 35.8 Å². The summed E-state index contributed by atoms with van der Waals surface area (Å²) in [6.07, 6.45) is 3.71. The van der Waals surface area contributed by atoms with Crippen LogP contribution in [0.25, 0.3) is 11.4 Å². The summed E-state index contributed by atoms with van der Waals surface area (Å²) in [4.78, 5) is 18.2. The molecule has 1 fully saturated rings. The number of nitrogens with one attached hydrogen (secondary N) is 1. The molecule has 1 aliphatic heterocycles. The molecule has 0 amide bonds. The van der Waals surface area contributed by atoms with Crippen molar-refractivity contribution in [2.45, 2.75) is 0 Å². The van der Waals surface area contributed by atoms with Gasteiger partial charge in [-0.3, -0.25) is 4.98 Å². The van der Waals surface area contributed by atoms with E-state index < -0.39 is 0 Å². The lowest BCUT2D eigenvalue weighted by atomic mass is 10.3. The van der Waals surface area contributed by atoms with E-state index in [9.17, 15) is 0 Å². The fourth-order valence-electron chi connectivity index (χ4n) is 2.78. The van der Waals surface area contributed by atoms with Gasteiger partial charge < -0.3 is 15.1 Å². The molecule has 25 heavy (non-hydrogen) atoms. The lowest BCUT2D eigenvalue weighted by Crippen LogP contribution is -2.44. The zero-order valence-electron chi connectivity index (χ0n) is 14.1. The summed E-state index contributed by atoms with van der Waals surface area (Å²) >= 11 is 1.55. The molecule has 0 aromatic carbocycles.